The summed E-state index contributed by atoms with van der Waals surface area (Å²) in [5, 5.41) is 8.08. The molecule has 1 N–H and O–H groups in total. The Hall–Kier alpha value is -2.64. The maximum atomic E-state index is 12.8. The van der Waals surface area contributed by atoms with E-state index in [0.29, 0.717) is 40.3 Å². The number of hydrogen-bond donors (Lipinski definition) is 1. The summed E-state index contributed by atoms with van der Waals surface area (Å²) in [7, 11) is -1.00. The van der Waals surface area contributed by atoms with E-state index in [1.807, 2.05) is 19.1 Å². The number of fused-ring (bicyclic) bond motifs is 1. The van der Waals surface area contributed by atoms with Crippen molar-refractivity contribution in [3.63, 3.8) is 0 Å². The molecule has 28 heavy (non-hydrogen) atoms. The molecule has 1 aliphatic heterocycles. The third-order valence-electron chi connectivity index (χ3n) is 4.38. The Morgan fingerprint density at radius 2 is 2.04 bits per heavy atom. The first-order valence-electron chi connectivity index (χ1n) is 8.81. The predicted molar refractivity (Wildman–Crippen MR) is 110 cm³/mol. The van der Waals surface area contributed by atoms with E-state index in [0.717, 1.165) is 16.9 Å². The number of carbonyl (C=O) groups is 1. The Morgan fingerprint density at radius 1 is 1.25 bits per heavy atom. The lowest BCUT2D eigenvalue weighted by Gasteiger charge is -2.12. The Bertz CT molecular complexity index is 1060. The number of benzene rings is 2. The summed E-state index contributed by atoms with van der Waals surface area (Å²) in [4.78, 5) is 12.8. The molecule has 1 aliphatic rings. The van der Waals surface area contributed by atoms with E-state index >= 15 is 0 Å². The van der Waals surface area contributed by atoms with Gasteiger partial charge in [-0.3, -0.25) is 9.00 Å². The third kappa shape index (κ3) is 3.68. The SMILES string of the molecule is CCOc1ccc(C(=O)Nc2c3c(nn2-c2cccc(Cl)c2)C[S@@](=O)C3)cc1. The molecule has 0 fully saturated rings. The largest absolute Gasteiger partial charge is 0.494 e. The lowest BCUT2D eigenvalue weighted by atomic mass is 10.2. The van der Waals surface area contributed by atoms with Gasteiger partial charge in [-0.05, 0) is 49.4 Å². The molecule has 2 heterocycles. The summed E-state index contributed by atoms with van der Waals surface area (Å²) < 4.78 is 19.1. The molecular weight excluding hydrogens is 398 g/mol. The molecule has 1 atom stereocenters. The minimum atomic E-state index is -1.00. The van der Waals surface area contributed by atoms with E-state index in [1.54, 1.807) is 41.1 Å². The number of nitrogens with one attached hydrogen (secondary N) is 1. The van der Waals surface area contributed by atoms with Crippen molar-refractivity contribution in [3.05, 3.63) is 70.4 Å². The van der Waals surface area contributed by atoms with Gasteiger partial charge in [-0.2, -0.15) is 5.10 Å². The summed E-state index contributed by atoms with van der Waals surface area (Å²) >= 11 is 6.12. The van der Waals surface area contributed by atoms with Crippen molar-refractivity contribution in [1.82, 2.24) is 9.78 Å². The lowest BCUT2D eigenvalue weighted by molar-refractivity contribution is 0.102. The second-order valence-corrected chi connectivity index (χ2v) is 8.20. The Labute approximate surface area is 169 Å². The normalized spacial score (nSPS) is 15.3. The van der Waals surface area contributed by atoms with Crippen molar-refractivity contribution in [3.8, 4) is 11.4 Å². The topological polar surface area (TPSA) is 73.2 Å². The highest BCUT2D eigenvalue weighted by atomic mass is 35.5. The molecule has 0 saturated heterocycles. The summed E-state index contributed by atoms with van der Waals surface area (Å²) in [6.07, 6.45) is 0. The number of aromatic nitrogens is 2. The van der Waals surface area contributed by atoms with Crippen molar-refractivity contribution in [2.45, 2.75) is 18.4 Å². The second-order valence-electron chi connectivity index (χ2n) is 6.31. The van der Waals surface area contributed by atoms with Crippen molar-refractivity contribution in [1.29, 1.82) is 0 Å². The van der Waals surface area contributed by atoms with Crippen LogP contribution in [0.4, 0.5) is 5.82 Å². The summed E-state index contributed by atoms with van der Waals surface area (Å²) in [5.41, 5.74) is 2.77. The highest BCUT2D eigenvalue weighted by Crippen LogP contribution is 2.32. The van der Waals surface area contributed by atoms with Gasteiger partial charge in [0.15, 0.2) is 0 Å². The maximum absolute atomic E-state index is 12.8. The van der Waals surface area contributed by atoms with Gasteiger partial charge in [-0.15, -0.1) is 0 Å². The van der Waals surface area contributed by atoms with Crippen molar-refractivity contribution >= 4 is 34.1 Å². The van der Waals surface area contributed by atoms with Gasteiger partial charge < -0.3 is 10.1 Å². The fraction of sp³-hybridized carbons (Fsp3) is 0.200. The van der Waals surface area contributed by atoms with Crippen LogP contribution in [0.2, 0.25) is 5.02 Å². The molecule has 3 aromatic rings. The molecule has 6 nitrogen and oxygen atoms in total. The van der Waals surface area contributed by atoms with Crippen LogP contribution in [0, 0.1) is 0 Å². The van der Waals surface area contributed by atoms with Crippen LogP contribution < -0.4 is 10.1 Å². The van der Waals surface area contributed by atoms with Crippen molar-refractivity contribution in [2.24, 2.45) is 0 Å². The van der Waals surface area contributed by atoms with Crippen LogP contribution in [0.5, 0.6) is 5.75 Å². The zero-order valence-corrected chi connectivity index (χ0v) is 16.7. The third-order valence-corrected chi connectivity index (χ3v) is 5.82. The van der Waals surface area contributed by atoms with Gasteiger partial charge >= 0.3 is 0 Å². The van der Waals surface area contributed by atoms with E-state index < -0.39 is 10.8 Å². The minimum absolute atomic E-state index is 0.272. The Kier molecular flexibility index (Phi) is 5.19. The molecule has 144 valence electrons. The number of halogens is 1. The van der Waals surface area contributed by atoms with E-state index in [-0.39, 0.29) is 5.91 Å². The monoisotopic (exact) mass is 415 g/mol. The Morgan fingerprint density at radius 3 is 2.75 bits per heavy atom. The zero-order valence-electron chi connectivity index (χ0n) is 15.1. The number of amides is 1. The summed E-state index contributed by atoms with van der Waals surface area (Å²) in [5.74, 6) is 1.72. The molecule has 0 spiro atoms. The van der Waals surface area contributed by atoms with Gasteiger partial charge in [0.25, 0.3) is 5.91 Å². The zero-order chi connectivity index (χ0) is 19.7. The van der Waals surface area contributed by atoms with Crippen LogP contribution in [0.15, 0.2) is 48.5 Å². The van der Waals surface area contributed by atoms with E-state index in [9.17, 15) is 9.00 Å². The fourth-order valence-corrected chi connectivity index (χ4v) is 4.55. The smallest absolute Gasteiger partial charge is 0.256 e. The van der Waals surface area contributed by atoms with Gasteiger partial charge in [0.2, 0.25) is 0 Å². The molecule has 0 unspecified atom stereocenters. The standard InChI is InChI=1S/C20H18ClN3O3S/c1-2-27-16-8-6-13(7-9-16)20(25)22-19-17-11-28(26)12-18(17)23-24(19)15-5-3-4-14(21)10-15/h3-10H,2,11-12H2,1H3,(H,22,25)/t28-/m0/s1. The average molecular weight is 416 g/mol. The van der Waals surface area contributed by atoms with Crippen LogP contribution in [-0.2, 0) is 22.3 Å². The molecule has 1 aromatic heterocycles. The number of carbonyl (C=O) groups excluding carboxylic acids is 1. The van der Waals surface area contributed by atoms with Crippen LogP contribution in [0.25, 0.3) is 5.69 Å². The van der Waals surface area contributed by atoms with Crippen LogP contribution in [-0.4, -0.2) is 26.5 Å². The molecule has 2 aromatic carbocycles. The molecule has 0 bridgehead atoms. The summed E-state index contributed by atoms with van der Waals surface area (Å²) in [6.45, 7) is 2.47. The first kappa shape index (κ1) is 18.7. The van der Waals surface area contributed by atoms with Crippen LogP contribution in [0.3, 0.4) is 0 Å². The quantitative estimate of drug-likeness (QED) is 0.685. The van der Waals surface area contributed by atoms with Crippen LogP contribution >= 0.6 is 11.6 Å². The highest BCUT2D eigenvalue weighted by Gasteiger charge is 2.28. The van der Waals surface area contributed by atoms with Gasteiger partial charge in [0, 0.05) is 26.9 Å². The molecule has 1 amide bonds. The molecular formula is C20H18ClN3O3S. The molecule has 0 aliphatic carbocycles. The molecule has 4 rings (SSSR count). The first-order chi connectivity index (χ1) is 13.5. The summed E-state index contributed by atoms with van der Waals surface area (Å²) in [6, 6.07) is 14.1. The number of anilines is 1. The van der Waals surface area contributed by atoms with E-state index in [4.69, 9.17) is 16.3 Å². The average Bonchev–Trinajstić information content (AvgIpc) is 3.19. The van der Waals surface area contributed by atoms with Crippen molar-refractivity contribution in [2.75, 3.05) is 11.9 Å². The second kappa shape index (κ2) is 7.77. The van der Waals surface area contributed by atoms with E-state index in [2.05, 4.69) is 10.4 Å². The highest BCUT2D eigenvalue weighted by molar-refractivity contribution is 7.83. The van der Waals surface area contributed by atoms with Gasteiger partial charge in [0.05, 0.1) is 29.5 Å². The maximum Gasteiger partial charge on any atom is 0.256 e. The molecule has 0 radical (unpaired) electrons. The number of rotatable bonds is 5. The number of hydrogen-bond acceptors (Lipinski definition) is 4. The fourth-order valence-electron chi connectivity index (χ4n) is 3.10. The predicted octanol–water partition coefficient (Wildman–Crippen LogP) is 3.94. The van der Waals surface area contributed by atoms with Gasteiger partial charge in [0.1, 0.15) is 11.6 Å². The lowest BCUT2D eigenvalue weighted by Crippen LogP contribution is -2.16. The van der Waals surface area contributed by atoms with E-state index in [1.165, 1.54) is 0 Å². The van der Waals surface area contributed by atoms with Crippen LogP contribution in [0.1, 0.15) is 28.5 Å². The molecule has 0 saturated carbocycles. The first-order valence-corrected chi connectivity index (χ1v) is 10.7. The molecule has 8 heteroatoms. The number of ether oxygens (including phenoxy) is 1. The van der Waals surface area contributed by atoms with Crippen molar-refractivity contribution < 1.29 is 13.7 Å². The Balaban J connectivity index is 1.68. The van der Waals surface area contributed by atoms with Gasteiger partial charge in [-0.25, -0.2) is 4.68 Å². The number of nitrogens with zero attached hydrogens (tertiary/aromatic N) is 2. The van der Waals surface area contributed by atoms with Gasteiger partial charge in [-0.1, -0.05) is 17.7 Å². The minimum Gasteiger partial charge on any atom is -0.494 e.